The number of carbonyl (C=O) groups is 3. The van der Waals surface area contributed by atoms with Crippen molar-refractivity contribution in [2.75, 3.05) is 24.9 Å². The lowest BCUT2D eigenvalue weighted by atomic mass is 9.95. The minimum atomic E-state index is -0.649. The molecule has 1 aromatic heterocycles. The van der Waals surface area contributed by atoms with Gasteiger partial charge in [-0.3, -0.25) is 10.1 Å². The van der Waals surface area contributed by atoms with Gasteiger partial charge in [0.2, 0.25) is 11.8 Å². The van der Waals surface area contributed by atoms with Crippen molar-refractivity contribution in [3.63, 3.8) is 0 Å². The van der Waals surface area contributed by atoms with Crippen LogP contribution in [0.4, 0.5) is 21.0 Å². The SMILES string of the molecule is COC(=O)Nc1ccc2c(c1)NC(=O)C(C)CCC[C@H](NC(=O)OC(C)(C)C)c1cc-2cc(OC)n1. The molecular formula is C26H34N4O6. The normalized spacial score (nSPS) is 17.9. The highest BCUT2D eigenvalue weighted by Gasteiger charge is 2.25. The minimum absolute atomic E-state index is 0.148. The molecule has 2 bridgehead atoms. The van der Waals surface area contributed by atoms with Crippen LogP contribution in [0.15, 0.2) is 30.3 Å². The van der Waals surface area contributed by atoms with E-state index >= 15 is 0 Å². The average Bonchev–Trinajstić information content (AvgIpc) is 2.81. The molecule has 3 rings (SSSR count). The number of nitrogens with one attached hydrogen (secondary N) is 3. The van der Waals surface area contributed by atoms with Gasteiger partial charge in [0, 0.05) is 23.2 Å². The molecular weight excluding hydrogens is 464 g/mol. The molecule has 2 aromatic rings. The smallest absolute Gasteiger partial charge is 0.411 e. The molecule has 36 heavy (non-hydrogen) atoms. The highest BCUT2D eigenvalue weighted by Crippen LogP contribution is 2.35. The van der Waals surface area contributed by atoms with Gasteiger partial charge in [0.1, 0.15) is 5.60 Å². The predicted molar refractivity (Wildman–Crippen MR) is 136 cm³/mol. The molecule has 1 aliphatic heterocycles. The number of rotatable bonds is 3. The van der Waals surface area contributed by atoms with Crippen molar-refractivity contribution < 1.29 is 28.6 Å². The van der Waals surface area contributed by atoms with Crippen LogP contribution < -0.4 is 20.7 Å². The van der Waals surface area contributed by atoms with E-state index in [0.717, 1.165) is 5.56 Å². The number of aromatic nitrogens is 1. The second kappa shape index (κ2) is 11.3. The first kappa shape index (κ1) is 26.8. The van der Waals surface area contributed by atoms with Gasteiger partial charge in [0.25, 0.3) is 0 Å². The van der Waals surface area contributed by atoms with E-state index < -0.39 is 23.8 Å². The average molecular weight is 499 g/mol. The highest BCUT2D eigenvalue weighted by molar-refractivity contribution is 5.98. The summed E-state index contributed by atoms with van der Waals surface area (Å²) in [7, 11) is 2.79. The first-order chi connectivity index (χ1) is 17.0. The van der Waals surface area contributed by atoms with Crippen molar-refractivity contribution in [3.8, 4) is 17.0 Å². The fourth-order valence-corrected chi connectivity index (χ4v) is 3.87. The van der Waals surface area contributed by atoms with Crippen molar-refractivity contribution in [2.24, 2.45) is 5.92 Å². The molecule has 194 valence electrons. The third-order valence-corrected chi connectivity index (χ3v) is 5.68. The zero-order valence-electron chi connectivity index (χ0n) is 21.6. The second-order valence-electron chi connectivity index (χ2n) is 9.72. The lowest BCUT2D eigenvalue weighted by molar-refractivity contribution is -0.119. The maximum Gasteiger partial charge on any atom is 0.411 e. The number of methoxy groups -OCH3 is 2. The van der Waals surface area contributed by atoms with Gasteiger partial charge < -0.3 is 24.8 Å². The summed E-state index contributed by atoms with van der Waals surface area (Å²) in [5.74, 6) is -0.0691. The number of hydrogen-bond donors (Lipinski definition) is 3. The van der Waals surface area contributed by atoms with Gasteiger partial charge in [-0.05, 0) is 57.4 Å². The molecule has 10 heteroatoms. The third kappa shape index (κ3) is 7.10. The molecule has 10 nitrogen and oxygen atoms in total. The molecule has 3 N–H and O–H groups in total. The number of ether oxygens (including phenoxy) is 3. The van der Waals surface area contributed by atoms with Crippen LogP contribution in [0, 0.1) is 5.92 Å². The van der Waals surface area contributed by atoms with E-state index in [1.807, 2.05) is 13.0 Å². The number of fused-ring (bicyclic) bond motifs is 4. The van der Waals surface area contributed by atoms with E-state index in [4.69, 9.17) is 9.47 Å². The van der Waals surface area contributed by atoms with Crippen LogP contribution in [0.2, 0.25) is 0 Å². The molecule has 3 amide bonds. The van der Waals surface area contributed by atoms with Gasteiger partial charge in [-0.1, -0.05) is 19.4 Å². The van der Waals surface area contributed by atoms with Crippen LogP contribution in [0.1, 0.15) is 58.7 Å². The lowest BCUT2D eigenvalue weighted by Crippen LogP contribution is -2.35. The summed E-state index contributed by atoms with van der Waals surface area (Å²) in [6.07, 6.45) is 0.665. The van der Waals surface area contributed by atoms with E-state index in [1.54, 1.807) is 45.0 Å². The number of amides is 3. The van der Waals surface area contributed by atoms with Gasteiger partial charge >= 0.3 is 12.2 Å². The quantitative estimate of drug-likeness (QED) is 0.527. The number of benzene rings is 1. The summed E-state index contributed by atoms with van der Waals surface area (Å²) >= 11 is 0. The Balaban J connectivity index is 2.10. The van der Waals surface area contributed by atoms with Crippen molar-refractivity contribution in [1.29, 1.82) is 0 Å². The van der Waals surface area contributed by atoms with Crippen molar-refractivity contribution in [1.82, 2.24) is 10.3 Å². The summed E-state index contributed by atoms with van der Waals surface area (Å²) in [6.45, 7) is 7.26. The zero-order chi connectivity index (χ0) is 26.5. The van der Waals surface area contributed by atoms with E-state index in [1.165, 1.54) is 14.2 Å². The van der Waals surface area contributed by atoms with Crippen LogP contribution in [0.3, 0.4) is 0 Å². The molecule has 2 atom stereocenters. The number of hydrogen-bond acceptors (Lipinski definition) is 7. The van der Waals surface area contributed by atoms with Gasteiger partial charge in [-0.15, -0.1) is 0 Å². The summed E-state index contributed by atoms with van der Waals surface area (Å²) in [6, 6.07) is 8.32. The Hall–Kier alpha value is -3.82. The van der Waals surface area contributed by atoms with Crippen LogP contribution in [-0.2, 0) is 14.3 Å². The zero-order valence-corrected chi connectivity index (χ0v) is 21.6. The van der Waals surface area contributed by atoms with Crippen LogP contribution in [0.25, 0.3) is 11.1 Å². The molecule has 1 aliphatic rings. The predicted octanol–water partition coefficient (Wildman–Crippen LogP) is 5.26. The van der Waals surface area contributed by atoms with Crippen LogP contribution in [-0.4, -0.2) is 42.9 Å². The standard InChI is InChI=1S/C26H34N4O6/c1-15-8-7-9-19(30-25(33)36-26(2,3)4)21-12-16(13-22(28-21)34-5)18-11-10-17(27-24(32)35-6)14-20(18)29-23(15)31/h10-15,19H,7-9H2,1-6H3,(H,27,32)(H,29,31)(H,30,33)/t15?,19-/m0/s1. The second-order valence-corrected chi connectivity index (χ2v) is 9.72. The van der Waals surface area contributed by atoms with Crippen molar-refractivity contribution in [2.45, 2.75) is 58.6 Å². The molecule has 2 heterocycles. The van der Waals surface area contributed by atoms with E-state index in [9.17, 15) is 14.4 Å². The Labute approximate surface area is 211 Å². The molecule has 0 saturated carbocycles. The maximum absolute atomic E-state index is 13.0. The molecule has 0 saturated heterocycles. The van der Waals surface area contributed by atoms with E-state index in [2.05, 4.69) is 25.7 Å². The highest BCUT2D eigenvalue weighted by atomic mass is 16.6. The molecule has 0 aliphatic carbocycles. The Morgan fingerprint density at radius 1 is 1.08 bits per heavy atom. The van der Waals surface area contributed by atoms with E-state index in [0.29, 0.717) is 47.8 Å². The lowest BCUT2D eigenvalue weighted by Gasteiger charge is -2.25. The molecule has 0 radical (unpaired) electrons. The Bertz CT molecular complexity index is 1130. The molecule has 0 fully saturated rings. The minimum Gasteiger partial charge on any atom is -0.481 e. The first-order valence-corrected chi connectivity index (χ1v) is 11.8. The molecule has 1 unspecified atom stereocenters. The number of carbonyl (C=O) groups excluding carboxylic acids is 3. The largest absolute Gasteiger partial charge is 0.481 e. The number of pyridine rings is 1. The van der Waals surface area contributed by atoms with Gasteiger partial charge in [0.05, 0.1) is 31.6 Å². The fraction of sp³-hybridized carbons (Fsp3) is 0.462. The van der Waals surface area contributed by atoms with Gasteiger partial charge in [0.15, 0.2) is 0 Å². The summed E-state index contributed by atoms with van der Waals surface area (Å²) in [4.78, 5) is 41.9. The van der Waals surface area contributed by atoms with Gasteiger partial charge in [-0.25, -0.2) is 14.6 Å². The first-order valence-electron chi connectivity index (χ1n) is 11.8. The Morgan fingerprint density at radius 2 is 1.83 bits per heavy atom. The Kier molecular flexibility index (Phi) is 8.39. The van der Waals surface area contributed by atoms with Gasteiger partial charge in [-0.2, -0.15) is 0 Å². The monoisotopic (exact) mass is 498 g/mol. The Morgan fingerprint density at radius 3 is 2.50 bits per heavy atom. The summed E-state index contributed by atoms with van der Waals surface area (Å²) < 4.78 is 15.6. The molecule has 1 aromatic carbocycles. The van der Waals surface area contributed by atoms with Crippen molar-refractivity contribution in [3.05, 3.63) is 36.0 Å². The maximum atomic E-state index is 13.0. The molecule has 0 spiro atoms. The van der Waals surface area contributed by atoms with Crippen LogP contribution in [0.5, 0.6) is 5.88 Å². The number of alkyl carbamates (subject to hydrolysis) is 1. The van der Waals surface area contributed by atoms with Crippen molar-refractivity contribution >= 4 is 29.5 Å². The summed E-state index contributed by atoms with van der Waals surface area (Å²) in [5, 5.41) is 8.55. The number of nitrogens with zero attached hydrogens (tertiary/aromatic N) is 1. The number of anilines is 2. The van der Waals surface area contributed by atoms with E-state index in [-0.39, 0.29) is 11.8 Å². The topological polar surface area (TPSA) is 128 Å². The fourth-order valence-electron chi connectivity index (χ4n) is 3.87. The third-order valence-electron chi connectivity index (χ3n) is 5.68. The summed E-state index contributed by atoms with van der Waals surface area (Å²) in [5.41, 5.74) is 2.36. The van der Waals surface area contributed by atoms with Crippen LogP contribution >= 0.6 is 0 Å².